The third kappa shape index (κ3) is 1.72. The normalized spacial score (nSPS) is 10.7. The number of rotatable bonds is 2. The molecule has 0 unspecified atom stereocenters. The highest BCUT2D eigenvalue weighted by Crippen LogP contribution is 2.29. The Balaban J connectivity index is 2.26. The molecule has 0 spiro atoms. The Kier molecular flexibility index (Phi) is 2.45. The molecule has 0 saturated carbocycles. The van der Waals surface area contributed by atoms with Crippen LogP contribution in [-0.4, -0.2) is 20.5 Å². The minimum absolute atomic E-state index is 0.194. The van der Waals surface area contributed by atoms with E-state index in [-0.39, 0.29) is 5.69 Å². The molecule has 0 radical (unpaired) electrons. The molecule has 94 valence electrons. The molecule has 5 heteroatoms. The average molecular weight is 253 g/mol. The summed E-state index contributed by atoms with van der Waals surface area (Å²) >= 11 is 0. The van der Waals surface area contributed by atoms with Crippen LogP contribution in [0.25, 0.3) is 16.6 Å². The number of pyridine rings is 2. The van der Waals surface area contributed by atoms with Gasteiger partial charge in [0.25, 0.3) is 0 Å². The molecule has 3 heterocycles. The number of carboxylic acid groups (broad SMARTS) is 1. The Hall–Kier alpha value is -2.82. The van der Waals surface area contributed by atoms with Crippen molar-refractivity contribution in [3.05, 3.63) is 54.6 Å². The first kappa shape index (κ1) is 11.3. The van der Waals surface area contributed by atoms with Gasteiger partial charge in [0.15, 0.2) is 0 Å². The fourth-order valence-corrected chi connectivity index (χ4v) is 2.15. The lowest BCUT2D eigenvalue weighted by Gasteiger charge is -2.08. The quantitative estimate of drug-likeness (QED) is 0.734. The molecule has 0 aliphatic carbocycles. The zero-order chi connectivity index (χ0) is 13.4. The number of hydrogen-bond donors (Lipinski definition) is 2. The maximum Gasteiger partial charge on any atom is 0.352 e. The molecule has 3 rings (SSSR count). The van der Waals surface area contributed by atoms with E-state index in [0.717, 1.165) is 11.1 Å². The minimum atomic E-state index is -0.978. The summed E-state index contributed by atoms with van der Waals surface area (Å²) in [7, 11) is 0. The standard InChI is InChI=1S/C14H11N3O2/c15-13-10(9-2-1-6-16-8-9)5-7-17-11(13)3-4-12(17)14(18)19/h1-8H,15H2,(H,18,19). The second kappa shape index (κ2) is 4.13. The van der Waals surface area contributed by atoms with Gasteiger partial charge in [-0.25, -0.2) is 4.79 Å². The van der Waals surface area contributed by atoms with E-state index in [1.54, 1.807) is 41.2 Å². The fraction of sp³-hybridized carbons (Fsp3) is 0. The highest BCUT2D eigenvalue weighted by molar-refractivity contribution is 5.92. The molecule has 0 saturated heterocycles. The van der Waals surface area contributed by atoms with Crippen LogP contribution in [0.2, 0.25) is 0 Å². The molecule has 0 aromatic carbocycles. The lowest BCUT2D eigenvalue weighted by atomic mass is 10.1. The van der Waals surface area contributed by atoms with Crippen LogP contribution in [-0.2, 0) is 0 Å². The van der Waals surface area contributed by atoms with Gasteiger partial charge in [-0.1, -0.05) is 6.07 Å². The number of fused-ring (bicyclic) bond motifs is 1. The Bertz CT molecular complexity index is 763. The van der Waals surface area contributed by atoms with Crippen molar-refractivity contribution >= 4 is 17.2 Å². The van der Waals surface area contributed by atoms with Crippen LogP contribution < -0.4 is 5.73 Å². The lowest BCUT2D eigenvalue weighted by Crippen LogP contribution is -2.03. The van der Waals surface area contributed by atoms with Crippen LogP contribution in [0, 0.1) is 0 Å². The number of hydrogen-bond acceptors (Lipinski definition) is 3. The average Bonchev–Trinajstić information content (AvgIpc) is 2.85. The van der Waals surface area contributed by atoms with Gasteiger partial charge in [0, 0.05) is 29.7 Å². The number of nitrogens with zero attached hydrogens (tertiary/aromatic N) is 2. The summed E-state index contributed by atoms with van der Waals surface area (Å²) in [6.45, 7) is 0. The van der Waals surface area contributed by atoms with Gasteiger partial charge in [-0.2, -0.15) is 0 Å². The molecule has 0 amide bonds. The first-order valence-electron chi connectivity index (χ1n) is 5.71. The summed E-state index contributed by atoms with van der Waals surface area (Å²) in [6.07, 6.45) is 5.12. The first-order chi connectivity index (χ1) is 9.18. The van der Waals surface area contributed by atoms with Crippen molar-refractivity contribution in [3.8, 4) is 11.1 Å². The Labute approximate surface area is 108 Å². The van der Waals surface area contributed by atoms with Crippen molar-refractivity contribution in [2.24, 2.45) is 0 Å². The van der Waals surface area contributed by atoms with Crippen molar-refractivity contribution in [1.29, 1.82) is 0 Å². The summed E-state index contributed by atoms with van der Waals surface area (Å²) in [5.74, 6) is -0.978. The third-order valence-electron chi connectivity index (χ3n) is 3.07. The fourth-order valence-electron chi connectivity index (χ4n) is 2.15. The Morgan fingerprint density at radius 3 is 2.79 bits per heavy atom. The Morgan fingerprint density at radius 2 is 2.11 bits per heavy atom. The predicted molar refractivity (Wildman–Crippen MR) is 72.0 cm³/mol. The van der Waals surface area contributed by atoms with E-state index in [4.69, 9.17) is 10.8 Å². The van der Waals surface area contributed by atoms with Gasteiger partial charge < -0.3 is 15.2 Å². The SMILES string of the molecule is Nc1c(-c2cccnc2)ccn2c(C(=O)O)ccc12. The molecule has 0 aliphatic heterocycles. The van der Waals surface area contributed by atoms with Crippen LogP contribution in [0.15, 0.2) is 48.9 Å². The van der Waals surface area contributed by atoms with Crippen molar-refractivity contribution < 1.29 is 9.90 Å². The first-order valence-corrected chi connectivity index (χ1v) is 5.71. The number of nitrogens with two attached hydrogens (primary N) is 1. The number of carbonyl (C=O) groups is 1. The monoisotopic (exact) mass is 253 g/mol. The maximum atomic E-state index is 11.1. The zero-order valence-corrected chi connectivity index (χ0v) is 9.95. The van der Waals surface area contributed by atoms with Gasteiger partial charge in [-0.05, 0) is 24.3 Å². The summed E-state index contributed by atoms with van der Waals surface area (Å²) < 4.78 is 1.57. The van der Waals surface area contributed by atoms with Crippen molar-refractivity contribution in [2.45, 2.75) is 0 Å². The van der Waals surface area contributed by atoms with Crippen molar-refractivity contribution in [2.75, 3.05) is 5.73 Å². The molecule has 3 aromatic rings. The second-order valence-corrected chi connectivity index (χ2v) is 4.16. The summed E-state index contributed by atoms with van der Waals surface area (Å²) in [5, 5.41) is 9.08. The Morgan fingerprint density at radius 1 is 1.26 bits per heavy atom. The highest BCUT2D eigenvalue weighted by Gasteiger charge is 2.13. The van der Waals surface area contributed by atoms with Gasteiger partial charge in [0.2, 0.25) is 0 Å². The minimum Gasteiger partial charge on any atom is -0.477 e. The van der Waals surface area contributed by atoms with Gasteiger partial charge >= 0.3 is 5.97 Å². The molecular weight excluding hydrogens is 242 g/mol. The molecule has 5 nitrogen and oxygen atoms in total. The molecule has 0 atom stereocenters. The molecule has 3 N–H and O–H groups in total. The van der Waals surface area contributed by atoms with Crippen LogP contribution in [0.5, 0.6) is 0 Å². The van der Waals surface area contributed by atoms with Gasteiger partial charge in [-0.15, -0.1) is 0 Å². The van der Waals surface area contributed by atoms with E-state index in [1.165, 1.54) is 0 Å². The molecule has 0 bridgehead atoms. The van der Waals surface area contributed by atoms with E-state index in [9.17, 15) is 4.79 Å². The molecular formula is C14H11N3O2. The number of carboxylic acids is 1. The van der Waals surface area contributed by atoms with Crippen molar-refractivity contribution in [1.82, 2.24) is 9.38 Å². The van der Waals surface area contributed by atoms with Crippen LogP contribution >= 0.6 is 0 Å². The number of aromatic carboxylic acids is 1. The summed E-state index contributed by atoms with van der Waals surface area (Å²) in [6, 6.07) is 8.79. The highest BCUT2D eigenvalue weighted by atomic mass is 16.4. The van der Waals surface area contributed by atoms with Crippen LogP contribution in [0.4, 0.5) is 5.69 Å². The van der Waals surface area contributed by atoms with E-state index in [2.05, 4.69) is 4.98 Å². The molecule has 0 fully saturated rings. The second-order valence-electron chi connectivity index (χ2n) is 4.16. The smallest absolute Gasteiger partial charge is 0.352 e. The summed E-state index contributed by atoms with van der Waals surface area (Å²) in [4.78, 5) is 15.1. The topological polar surface area (TPSA) is 80.6 Å². The van der Waals surface area contributed by atoms with E-state index >= 15 is 0 Å². The van der Waals surface area contributed by atoms with E-state index < -0.39 is 5.97 Å². The van der Waals surface area contributed by atoms with Gasteiger partial charge in [0.05, 0.1) is 11.2 Å². The molecule has 3 aromatic heterocycles. The number of nitrogen functional groups attached to an aromatic ring is 1. The van der Waals surface area contributed by atoms with E-state index in [0.29, 0.717) is 11.2 Å². The molecule has 0 aliphatic rings. The van der Waals surface area contributed by atoms with Crippen LogP contribution in [0.1, 0.15) is 10.5 Å². The number of aromatic nitrogens is 2. The number of anilines is 1. The summed E-state index contributed by atoms with van der Waals surface area (Å²) in [5.41, 5.74) is 9.29. The zero-order valence-electron chi connectivity index (χ0n) is 9.95. The maximum absolute atomic E-state index is 11.1. The lowest BCUT2D eigenvalue weighted by molar-refractivity contribution is 0.0689. The van der Waals surface area contributed by atoms with Gasteiger partial charge in [0.1, 0.15) is 5.69 Å². The third-order valence-corrected chi connectivity index (χ3v) is 3.07. The van der Waals surface area contributed by atoms with E-state index in [1.807, 2.05) is 12.1 Å². The van der Waals surface area contributed by atoms with Gasteiger partial charge in [-0.3, -0.25) is 4.98 Å². The van der Waals surface area contributed by atoms with Crippen molar-refractivity contribution in [3.63, 3.8) is 0 Å². The largest absolute Gasteiger partial charge is 0.477 e. The van der Waals surface area contributed by atoms with Crippen LogP contribution in [0.3, 0.4) is 0 Å². The predicted octanol–water partition coefficient (Wildman–Crippen LogP) is 2.28. The molecule has 19 heavy (non-hydrogen) atoms.